The van der Waals surface area contributed by atoms with E-state index in [-0.39, 0.29) is 12.4 Å². The summed E-state index contributed by atoms with van der Waals surface area (Å²) < 4.78 is 4.53. The minimum absolute atomic E-state index is 0.101. The van der Waals surface area contributed by atoms with E-state index < -0.39 is 11.2 Å². The smallest absolute Gasteiger partial charge is 0.177 e. The van der Waals surface area contributed by atoms with Crippen LogP contribution < -0.4 is 10.5 Å². The largest absolute Gasteiger partial charge is 0.868 e. The third kappa shape index (κ3) is 1.16. The normalized spacial score (nSPS) is 9.70. The number of rotatable bonds is 1. The van der Waals surface area contributed by atoms with E-state index in [1.807, 2.05) is 0 Å². The van der Waals surface area contributed by atoms with Crippen LogP contribution in [0.3, 0.4) is 0 Å². The van der Waals surface area contributed by atoms with Crippen molar-refractivity contribution in [2.75, 3.05) is 0 Å². The Morgan fingerprint density at radius 3 is 2.90 bits per heavy atom. The van der Waals surface area contributed by atoms with Crippen LogP contribution in [0.2, 0.25) is 0 Å². The molecule has 0 unspecified atom stereocenters. The fourth-order valence-corrected chi connectivity index (χ4v) is 0.522. The second-order valence-electron chi connectivity index (χ2n) is 1.73. The molecule has 0 amide bonds. The van der Waals surface area contributed by atoms with Gasteiger partial charge in [0.05, 0.1) is 6.26 Å². The van der Waals surface area contributed by atoms with E-state index in [4.69, 9.17) is 5.11 Å². The lowest BCUT2D eigenvalue weighted by molar-refractivity contribution is -0.271. The topological polar surface area (TPSA) is 73.5 Å². The van der Waals surface area contributed by atoms with Crippen LogP contribution in [0.25, 0.3) is 0 Å². The van der Waals surface area contributed by atoms with E-state index in [1.165, 1.54) is 0 Å². The lowest BCUT2D eigenvalue weighted by Gasteiger charge is -2.01. The Morgan fingerprint density at radius 2 is 2.40 bits per heavy atom. The molecular weight excluding hydrogens is 136 g/mol. The second kappa shape index (κ2) is 2.53. The number of aliphatic hydroxyl groups excluding tert-OH is 1. The Labute approximate surface area is 56.4 Å². The molecule has 0 atom stereocenters. The van der Waals surface area contributed by atoms with Gasteiger partial charge in [0, 0.05) is 6.07 Å². The van der Waals surface area contributed by atoms with E-state index >= 15 is 0 Å². The molecule has 0 bridgehead atoms. The zero-order valence-electron chi connectivity index (χ0n) is 5.03. The molecule has 1 aromatic heterocycles. The van der Waals surface area contributed by atoms with E-state index in [9.17, 15) is 9.90 Å². The maximum atomic E-state index is 10.5. The minimum atomic E-state index is -0.697. The summed E-state index contributed by atoms with van der Waals surface area (Å²) in [4.78, 5) is 10.5. The summed E-state index contributed by atoms with van der Waals surface area (Å²) in [5.41, 5.74) is -0.657. The molecule has 0 aromatic carbocycles. The monoisotopic (exact) mass is 141 g/mol. The highest BCUT2D eigenvalue weighted by molar-refractivity contribution is 5.13. The van der Waals surface area contributed by atoms with E-state index in [2.05, 4.69) is 4.42 Å². The van der Waals surface area contributed by atoms with Crippen molar-refractivity contribution in [3.8, 4) is 5.75 Å². The molecule has 4 heteroatoms. The summed E-state index contributed by atoms with van der Waals surface area (Å²) >= 11 is 0. The van der Waals surface area contributed by atoms with Gasteiger partial charge in [0.1, 0.15) is 12.4 Å². The van der Waals surface area contributed by atoms with Gasteiger partial charge in [-0.2, -0.15) is 0 Å². The van der Waals surface area contributed by atoms with Crippen molar-refractivity contribution >= 4 is 0 Å². The quantitative estimate of drug-likeness (QED) is 0.556. The Kier molecular flexibility index (Phi) is 1.73. The molecule has 0 aliphatic heterocycles. The van der Waals surface area contributed by atoms with Crippen molar-refractivity contribution in [3.63, 3.8) is 0 Å². The van der Waals surface area contributed by atoms with Crippen LogP contribution in [0.4, 0.5) is 0 Å². The van der Waals surface area contributed by atoms with E-state index in [0.29, 0.717) is 0 Å². The van der Waals surface area contributed by atoms with Gasteiger partial charge in [-0.1, -0.05) is 0 Å². The van der Waals surface area contributed by atoms with Crippen molar-refractivity contribution in [3.05, 3.63) is 28.3 Å². The second-order valence-corrected chi connectivity index (χ2v) is 1.73. The molecule has 1 aromatic rings. The number of hydrogen-bond donors (Lipinski definition) is 1. The van der Waals surface area contributed by atoms with Gasteiger partial charge in [0.25, 0.3) is 0 Å². The van der Waals surface area contributed by atoms with Crippen LogP contribution in [-0.2, 0) is 6.61 Å². The first-order valence-electron chi connectivity index (χ1n) is 2.63. The van der Waals surface area contributed by atoms with Gasteiger partial charge in [0.15, 0.2) is 5.43 Å². The van der Waals surface area contributed by atoms with Crippen molar-refractivity contribution < 1.29 is 14.6 Å². The first-order chi connectivity index (χ1) is 4.74. The molecule has 0 aliphatic rings. The highest BCUT2D eigenvalue weighted by Crippen LogP contribution is 1.99. The molecule has 1 N–H and O–H groups in total. The predicted molar refractivity (Wildman–Crippen MR) is 30.3 cm³/mol. The third-order valence-electron chi connectivity index (χ3n) is 1.01. The zero-order valence-corrected chi connectivity index (χ0v) is 5.03. The Bertz CT molecular complexity index is 275. The van der Waals surface area contributed by atoms with Crippen molar-refractivity contribution in [1.82, 2.24) is 0 Å². The minimum Gasteiger partial charge on any atom is -0.868 e. The summed E-state index contributed by atoms with van der Waals surface area (Å²) in [5.74, 6) is -0.596. The van der Waals surface area contributed by atoms with Gasteiger partial charge < -0.3 is 14.6 Å². The predicted octanol–water partition coefficient (Wildman–Crippen LogP) is -0.794. The molecule has 0 saturated carbocycles. The lowest BCUT2D eigenvalue weighted by Crippen LogP contribution is -2.08. The third-order valence-corrected chi connectivity index (χ3v) is 1.01. The highest BCUT2D eigenvalue weighted by atomic mass is 16.4. The summed E-state index contributed by atoms with van der Waals surface area (Å²) in [6.07, 6.45) is 0.786. The van der Waals surface area contributed by atoms with Crippen molar-refractivity contribution in [2.45, 2.75) is 6.61 Å². The molecule has 10 heavy (non-hydrogen) atoms. The molecule has 1 heterocycles. The molecule has 0 fully saturated rings. The van der Waals surface area contributed by atoms with Crippen molar-refractivity contribution in [2.24, 2.45) is 0 Å². The summed E-state index contributed by atoms with van der Waals surface area (Å²) in [5, 5.41) is 18.8. The molecule has 0 aliphatic carbocycles. The maximum Gasteiger partial charge on any atom is 0.177 e. The first kappa shape index (κ1) is 6.82. The van der Waals surface area contributed by atoms with Crippen LogP contribution in [0.5, 0.6) is 5.75 Å². The van der Waals surface area contributed by atoms with Gasteiger partial charge >= 0.3 is 0 Å². The molecule has 0 spiro atoms. The fraction of sp³-hybridized carbons (Fsp3) is 0.167. The molecular formula is C6H5O4-. The van der Waals surface area contributed by atoms with Crippen LogP contribution in [0.15, 0.2) is 21.5 Å². The van der Waals surface area contributed by atoms with Crippen molar-refractivity contribution in [1.29, 1.82) is 0 Å². The molecule has 4 nitrogen and oxygen atoms in total. The van der Waals surface area contributed by atoms with Gasteiger partial charge in [-0.15, -0.1) is 0 Å². The van der Waals surface area contributed by atoms with Crippen LogP contribution in [0, 0.1) is 0 Å². The number of aliphatic hydroxyl groups is 1. The zero-order chi connectivity index (χ0) is 7.56. The Balaban J connectivity index is 3.17. The average molecular weight is 141 g/mol. The van der Waals surface area contributed by atoms with Gasteiger partial charge in [-0.3, -0.25) is 4.79 Å². The molecule has 0 radical (unpaired) electrons. The van der Waals surface area contributed by atoms with Crippen LogP contribution in [-0.4, -0.2) is 5.11 Å². The SMILES string of the molecule is O=c1cc(CO)occ1[O-]. The van der Waals surface area contributed by atoms with Crippen LogP contribution in [0.1, 0.15) is 5.76 Å². The summed E-state index contributed by atoms with van der Waals surface area (Å²) in [6.45, 7) is -0.366. The standard InChI is InChI=1S/C6H6O4/c7-2-4-1-5(8)6(9)3-10-4/h1,3,7,9H,2H2/p-1. The maximum absolute atomic E-state index is 10.5. The Morgan fingerprint density at radius 1 is 1.70 bits per heavy atom. The molecule has 1 rings (SSSR count). The average Bonchev–Trinajstić information content (AvgIpc) is 1.95. The summed E-state index contributed by atoms with van der Waals surface area (Å²) in [7, 11) is 0. The Hall–Kier alpha value is -1.29. The van der Waals surface area contributed by atoms with Gasteiger partial charge in [0.2, 0.25) is 0 Å². The number of hydrogen-bond acceptors (Lipinski definition) is 4. The van der Waals surface area contributed by atoms with E-state index in [0.717, 1.165) is 12.3 Å². The van der Waals surface area contributed by atoms with Gasteiger partial charge in [-0.25, -0.2) is 0 Å². The van der Waals surface area contributed by atoms with E-state index in [1.54, 1.807) is 0 Å². The molecule has 0 saturated heterocycles. The highest BCUT2D eigenvalue weighted by Gasteiger charge is 1.92. The fourth-order valence-electron chi connectivity index (χ4n) is 0.522. The van der Waals surface area contributed by atoms with Gasteiger partial charge in [-0.05, 0) is 5.75 Å². The van der Waals surface area contributed by atoms with Crippen LogP contribution >= 0.6 is 0 Å². The molecule has 54 valence electrons. The summed E-state index contributed by atoms with van der Waals surface area (Å²) in [6, 6.07) is 0.975. The lowest BCUT2D eigenvalue weighted by atomic mass is 10.4. The first-order valence-corrected chi connectivity index (χ1v) is 2.63.